The number of aryl methyl sites for hydroxylation is 1. The van der Waals surface area contributed by atoms with E-state index < -0.39 is 0 Å². The van der Waals surface area contributed by atoms with E-state index in [1.54, 1.807) is 12.1 Å². The maximum atomic E-state index is 14.1. The fourth-order valence-corrected chi connectivity index (χ4v) is 2.40. The largest absolute Gasteiger partial charge is 0.497 e. The quantitative estimate of drug-likeness (QED) is 0.870. The van der Waals surface area contributed by atoms with Gasteiger partial charge in [0.1, 0.15) is 11.6 Å². The van der Waals surface area contributed by atoms with Crippen molar-refractivity contribution in [3.8, 4) is 5.75 Å². The molecule has 0 bridgehead atoms. The van der Waals surface area contributed by atoms with Gasteiger partial charge in [-0.2, -0.15) is 0 Å². The van der Waals surface area contributed by atoms with Gasteiger partial charge < -0.3 is 10.1 Å². The first-order chi connectivity index (χ1) is 10.0. The van der Waals surface area contributed by atoms with Crippen molar-refractivity contribution in [3.63, 3.8) is 0 Å². The van der Waals surface area contributed by atoms with E-state index in [9.17, 15) is 4.39 Å². The Morgan fingerprint density at radius 2 is 1.67 bits per heavy atom. The molecule has 1 N–H and O–H groups in total. The minimum absolute atomic E-state index is 0.0767. The van der Waals surface area contributed by atoms with E-state index in [-0.39, 0.29) is 17.9 Å². The molecule has 0 spiro atoms. The van der Waals surface area contributed by atoms with Crippen molar-refractivity contribution >= 4 is 0 Å². The zero-order valence-corrected chi connectivity index (χ0v) is 13.0. The first kappa shape index (κ1) is 15.5. The van der Waals surface area contributed by atoms with Crippen LogP contribution in [0.2, 0.25) is 0 Å². The van der Waals surface area contributed by atoms with Gasteiger partial charge in [0.05, 0.1) is 7.11 Å². The van der Waals surface area contributed by atoms with Crippen molar-refractivity contribution in [3.05, 3.63) is 65.0 Å². The molecule has 0 fully saturated rings. The van der Waals surface area contributed by atoms with Crippen molar-refractivity contribution in [2.24, 2.45) is 0 Å². The van der Waals surface area contributed by atoms with Crippen LogP contribution in [-0.2, 0) is 0 Å². The fraction of sp³-hybridized carbons (Fsp3) is 0.333. The molecule has 2 atom stereocenters. The first-order valence-electron chi connectivity index (χ1n) is 7.17. The minimum atomic E-state index is -0.245. The van der Waals surface area contributed by atoms with Crippen molar-refractivity contribution in [2.75, 3.05) is 7.11 Å². The lowest BCUT2D eigenvalue weighted by atomic mass is 10.0. The summed E-state index contributed by atoms with van der Waals surface area (Å²) in [7, 11) is 1.54. The lowest BCUT2D eigenvalue weighted by Gasteiger charge is -2.21. The molecule has 0 radical (unpaired) electrons. The summed E-state index contributed by atoms with van der Waals surface area (Å²) in [5.74, 6) is 0.292. The molecule has 0 heterocycles. The summed E-state index contributed by atoms with van der Waals surface area (Å²) < 4.78 is 19.1. The molecule has 0 aromatic heterocycles. The molecule has 2 aromatic rings. The molecule has 0 saturated carbocycles. The standard InChI is InChI=1S/C18H22FNO/c1-12-5-7-15(8-6-12)13(2)20-14(3)17-10-9-16(21-4)11-18(17)19/h5-11,13-14,20H,1-4H3/t13-,14?/m1/s1. The van der Waals surface area contributed by atoms with Gasteiger partial charge in [-0.25, -0.2) is 4.39 Å². The van der Waals surface area contributed by atoms with Gasteiger partial charge in [0.2, 0.25) is 0 Å². The Labute approximate surface area is 126 Å². The monoisotopic (exact) mass is 287 g/mol. The SMILES string of the molecule is COc1ccc(C(C)N[C@H](C)c2ccc(C)cc2)c(F)c1. The number of halogens is 1. The third kappa shape index (κ3) is 3.82. The smallest absolute Gasteiger partial charge is 0.131 e. The molecule has 112 valence electrons. The van der Waals surface area contributed by atoms with Crippen LogP contribution < -0.4 is 10.1 Å². The molecule has 0 aliphatic heterocycles. The average molecular weight is 287 g/mol. The highest BCUT2D eigenvalue weighted by molar-refractivity contribution is 5.31. The number of nitrogens with one attached hydrogen (secondary N) is 1. The molecule has 2 rings (SSSR count). The molecule has 0 aliphatic carbocycles. The van der Waals surface area contributed by atoms with E-state index in [1.165, 1.54) is 24.3 Å². The van der Waals surface area contributed by atoms with Crippen LogP contribution in [0, 0.1) is 12.7 Å². The van der Waals surface area contributed by atoms with Crippen molar-refractivity contribution in [1.82, 2.24) is 5.32 Å². The van der Waals surface area contributed by atoms with E-state index in [1.807, 2.05) is 6.92 Å². The van der Waals surface area contributed by atoms with Gasteiger partial charge in [0, 0.05) is 23.7 Å². The summed E-state index contributed by atoms with van der Waals surface area (Å²) in [6, 6.07) is 13.4. The second-order valence-electron chi connectivity index (χ2n) is 5.41. The molecular formula is C18H22FNO. The minimum Gasteiger partial charge on any atom is -0.497 e. The lowest BCUT2D eigenvalue weighted by molar-refractivity contribution is 0.408. The second-order valence-corrected chi connectivity index (χ2v) is 5.41. The van der Waals surface area contributed by atoms with Crippen LogP contribution in [0.25, 0.3) is 0 Å². The van der Waals surface area contributed by atoms with E-state index in [0.29, 0.717) is 11.3 Å². The van der Waals surface area contributed by atoms with Gasteiger partial charge in [-0.3, -0.25) is 0 Å². The van der Waals surface area contributed by atoms with Crippen molar-refractivity contribution < 1.29 is 9.13 Å². The topological polar surface area (TPSA) is 21.3 Å². The number of rotatable bonds is 5. The van der Waals surface area contributed by atoms with Crippen LogP contribution in [0.1, 0.15) is 42.6 Å². The number of hydrogen-bond donors (Lipinski definition) is 1. The second kappa shape index (κ2) is 6.72. The average Bonchev–Trinajstić information content (AvgIpc) is 2.47. The molecule has 21 heavy (non-hydrogen) atoms. The lowest BCUT2D eigenvalue weighted by Crippen LogP contribution is -2.23. The Hall–Kier alpha value is -1.87. The number of ether oxygens (including phenoxy) is 1. The van der Waals surface area contributed by atoms with Gasteiger partial charge in [-0.1, -0.05) is 35.9 Å². The van der Waals surface area contributed by atoms with E-state index >= 15 is 0 Å². The molecule has 2 aromatic carbocycles. The predicted molar refractivity (Wildman–Crippen MR) is 84.1 cm³/mol. The van der Waals surface area contributed by atoms with E-state index in [2.05, 4.69) is 43.4 Å². The highest BCUT2D eigenvalue weighted by atomic mass is 19.1. The van der Waals surface area contributed by atoms with Crippen LogP contribution in [0.5, 0.6) is 5.75 Å². The Bertz CT molecular complexity index is 595. The maximum Gasteiger partial charge on any atom is 0.131 e. The summed E-state index contributed by atoms with van der Waals surface area (Å²) in [6.45, 7) is 6.12. The van der Waals surface area contributed by atoms with E-state index in [0.717, 1.165) is 0 Å². The first-order valence-corrected chi connectivity index (χ1v) is 7.17. The van der Waals surface area contributed by atoms with Gasteiger partial charge in [-0.15, -0.1) is 0 Å². The summed E-state index contributed by atoms with van der Waals surface area (Å²) in [5.41, 5.74) is 3.08. The van der Waals surface area contributed by atoms with Gasteiger partial charge in [0.25, 0.3) is 0 Å². The van der Waals surface area contributed by atoms with Gasteiger partial charge in [0.15, 0.2) is 0 Å². The Balaban J connectivity index is 2.10. The van der Waals surface area contributed by atoms with Crippen LogP contribution >= 0.6 is 0 Å². The number of benzene rings is 2. The van der Waals surface area contributed by atoms with Crippen molar-refractivity contribution in [2.45, 2.75) is 32.9 Å². The van der Waals surface area contributed by atoms with Crippen LogP contribution in [0.4, 0.5) is 4.39 Å². The molecule has 1 unspecified atom stereocenters. The highest BCUT2D eigenvalue weighted by Gasteiger charge is 2.15. The van der Waals surface area contributed by atoms with Gasteiger partial charge in [-0.05, 0) is 32.4 Å². The summed E-state index contributed by atoms with van der Waals surface area (Å²) >= 11 is 0. The van der Waals surface area contributed by atoms with Crippen LogP contribution in [0.15, 0.2) is 42.5 Å². The van der Waals surface area contributed by atoms with Crippen LogP contribution in [-0.4, -0.2) is 7.11 Å². The summed E-state index contributed by atoms with van der Waals surface area (Å²) in [5, 5.41) is 3.43. The molecule has 2 nitrogen and oxygen atoms in total. The van der Waals surface area contributed by atoms with Gasteiger partial charge >= 0.3 is 0 Å². The van der Waals surface area contributed by atoms with Crippen molar-refractivity contribution in [1.29, 1.82) is 0 Å². The Kier molecular flexibility index (Phi) is 4.97. The third-order valence-electron chi connectivity index (χ3n) is 3.75. The highest BCUT2D eigenvalue weighted by Crippen LogP contribution is 2.24. The molecule has 3 heteroatoms. The maximum absolute atomic E-state index is 14.1. The molecular weight excluding hydrogens is 265 g/mol. The molecule has 0 saturated heterocycles. The molecule has 0 aliphatic rings. The van der Waals surface area contributed by atoms with E-state index in [4.69, 9.17) is 4.74 Å². The third-order valence-corrected chi connectivity index (χ3v) is 3.75. The number of methoxy groups -OCH3 is 1. The van der Waals surface area contributed by atoms with Crippen LogP contribution in [0.3, 0.4) is 0 Å². The zero-order valence-electron chi connectivity index (χ0n) is 13.0. The Morgan fingerprint density at radius 1 is 1.00 bits per heavy atom. The predicted octanol–water partition coefficient (Wildman–Crippen LogP) is 4.55. The zero-order chi connectivity index (χ0) is 15.4. The Morgan fingerprint density at radius 3 is 2.24 bits per heavy atom. The molecule has 0 amide bonds. The fourth-order valence-electron chi connectivity index (χ4n) is 2.40. The summed E-state index contributed by atoms with van der Waals surface area (Å²) in [4.78, 5) is 0. The normalized spacial score (nSPS) is 13.8. The number of hydrogen-bond acceptors (Lipinski definition) is 2. The summed E-state index contributed by atoms with van der Waals surface area (Å²) in [6.07, 6.45) is 0.